The number of piperidine rings is 1. The molecule has 33 heavy (non-hydrogen) atoms. The lowest BCUT2D eigenvalue weighted by Gasteiger charge is -2.35. The normalized spacial score (nSPS) is 16.7. The molecule has 1 fully saturated rings. The van der Waals surface area contributed by atoms with Gasteiger partial charge in [0.05, 0.1) is 0 Å². The second-order valence-corrected chi connectivity index (χ2v) is 9.01. The highest BCUT2D eigenvalue weighted by Crippen LogP contribution is 2.32. The molecule has 0 radical (unpaired) electrons. The van der Waals surface area contributed by atoms with Gasteiger partial charge < -0.3 is 10.2 Å². The summed E-state index contributed by atoms with van der Waals surface area (Å²) in [7, 11) is 0. The van der Waals surface area contributed by atoms with Gasteiger partial charge >= 0.3 is 0 Å². The van der Waals surface area contributed by atoms with Crippen molar-refractivity contribution in [3.63, 3.8) is 0 Å². The third-order valence-corrected chi connectivity index (χ3v) is 6.97. The fraction of sp³-hybridized carbons (Fsp3) is 0.296. The van der Waals surface area contributed by atoms with Crippen molar-refractivity contribution in [2.75, 3.05) is 18.0 Å². The van der Waals surface area contributed by atoms with Gasteiger partial charge in [0, 0.05) is 35.4 Å². The highest BCUT2D eigenvalue weighted by atomic mass is 16.1. The lowest BCUT2D eigenvalue weighted by Crippen LogP contribution is -2.41. The maximum absolute atomic E-state index is 13.1. The van der Waals surface area contributed by atoms with Crippen LogP contribution in [0.15, 0.2) is 77.7 Å². The van der Waals surface area contributed by atoms with Crippen molar-refractivity contribution >= 4 is 22.7 Å². The Bertz CT molecular complexity index is 1320. The third kappa shape index (κ3) is 3.70. The van der Waals surface area contributed by atoms with Gasteiger partial charge in [0.25, 0.3) is 5.56 Å². The quantitative estimate of drug-likeness (QED) is 0.522. The molecule has 3 heterocycles. The zero-order valence-corrected chi connectivity index (χ0v) is 18.5. The Morgan fingerprint density at radius 1 is 0.879 bits per heavy atom. The lowest BCUT2D eigenvalue weighted by molar-refractivity contribution is 0.448. The van der Waals surface area contributed by atoms with Gasteiger partial charge in [0.15, 0.2) is 0 Å². The Kier molecular flexibility index (Phi) is 5.15. The molecule has 1 aliphatic carbocycles. The first-order valence-electron chi connectivity index (χ1n) is 11.8. The summed E-state index contributed by atoms with van der Waals surface area (Å²) < 4.78 is 1.89. The number of para-hydroxylation sites is 1. The minimum Gasteiger partial charge on any atom is -0.317 e. The van der Waals surface area contributed by atoms with E-state index in [1.807, 2.05) is 22.9 Å². The number of nitrogens with one attached hydrogen (secondary N) is 1. The predicted octanol–water partition coefficient (Wildman–Crippen LogP) is 4.02. The van der Waals surface area contributed by atoms with Gasteiger partial charge in [-0.05, 0) is 68.1 Å². The summed E-state index contributed by atoms with van der Waals surface area (Å²) in [6.07, 6.45) is 5.62. The van der Waals surface area contributed by atoms with E-state index in [2.05, 4.69) is 58.7 Å². The summed E-state index contributed by atoms with van der Waals surface area (Å²) in [5.41, 5.74) is 4.45. The monoisotopic (exact) mass is 437 g/mol. The zero-order chi connectivity index (χ0) is 22.2. The second kappa shape index (κ2) is 8.45. The van der Waals surface area contributed by atoms with Crippen LogP contribution in [0.3, 0.4) is 0 Å². The molecular formula is C27H27N5O. The van der Waals surface area contributed by atoms with Crippen LogP contribution >= 0.6 is 0 Å². The maximum Gasteiger partial charge on any atom is 0.252 e. The largest absolute Gasteiger partial charge is 0.317 e. The van der Waals surface area contributed by atoms with Gasteiger partial charge in [-0.25, -0.2) is 4.98 Å². The second-order valence-electron chi connectivity index (χ2n) is 9.01. The Morgan fingerprint density at radius 3 is 2.30 bits per heavy atom. The smallest absolute Gasteiger partial charge is 0.252 e. The first-order chi connectivity index (χ1) is 16.3. The van der Waals surface area contributed by atoms with E-state index >= 15 is 0 Å². The summed E-state index contributed by atoms with van der Waals surface area (Å²) in [6, 6.07) is 22.7. The Balaban J connectivity index is 1.47. The molecule has 166 valence electrons. The van der Waals surface area contributed by atoms with Gasteiger partial charge in [-0.2, -0.15) is 4.98 Å². The Morgan fingerprint density at radius 2 is 1.58 bits per heavy atom. The molecule has 6 nitrogen and oxygen atoms in total. The van der Waals surface area contributed by atoms with Crippen LogP contribution in [0, 0.1) is 0 Å². The van der Waals surface area contributed by atoms with Crippen LogP contribution in [0.1, 0.15) is 30.0 Å². The molecular weight excluding hydrogens is 410 g/mol. The Hall–Kier alpha value is -3.51. The van der Waals surface area contributed by atoms with Gasteiger partial charge in [-0.3, -0.25) is 9.36 Å². The number of fused-ring (bicyclic) bond motifs is 2. The van der Waals surface area contributed by atoms with Gasteiger partial charge in [0.1, 0.15) is 5.65 Å². The molecule has 6 rings (SSSR count). The number of pyridine rings is 1. The fourth-order valence-electron chi connectivity index (χ4n) is 5.36. The van der Waals surface area contributed by atoms with Crippen LogP contribution in [-0.2, 0) is 12.8 Å². The third-order valence-electron chi connectivity index (χ3n) is 6.97. The number of hydrogen-bond acceptors (Lipinski definition) is 5. The minimum atomic E-state index is -0.00177. The highest BCUT2D eigenvalue weighted by molar-refractivity contribution is 5.76. The molecule has 2 aliphatic rings. The summed E-state index contributed by atoms with van der Waals surface area (Å²) in [4.78, 5) is 25.2. The van der Waals surface area contributed by atoms with Gasteiger partial charge in [-0.1, -0.05) is 42.5 Å². The molecule has 0 atom stereocenters. The van der Waals surface area contributed by atoms with E-state index < -0.39 is 0 Å². The number of benzene rings is 2. The van der Waals surface area contributed by atoms with Crippen LogP contribution in [0.4, 0.5) is 11.6 Å². The van der Waals surface area contributed by atoms with E-state index in [1.54, 1.807) is 6.07 Å². The predicted molar refractivity (Wildman–Crippen MR) is 131 cm³/mol. The van der Waals surface area contributed by atoms with Crippen molar-refractivity contribution < 1.29 is 0 Å². The van der Waals surface area contributed by atoms with Crippen LogP contribution in [0.2, 0.25) is 0 Å². The molecule has 0 bridgehead atoms. The van der Waals surface area contributed by atoms with Crippen LogP contribution in [0.5, 0.6) is 0 Å². The molecule has 0 unspecified atom stereocenters. The van der Waals surface area contributed by atoms with E-state index in [4.69, 9.17) is 9.97 Å². The summed E-state index contributed by atoms with van der Waals surface area (Å²) in [5, 5.41) is 4.35. The topological polar surface area (TPSA) is 63.1 Å². The van der Waals surface area contributed by atoms with E-state index in [-0.39, 0.29) is 11.6 Å². The van der Waals surface area contributed by atoms with Crippen LogP contribution in [0.25, 0.3) is 11.0 Å². The number of anilines is 2. The minimum absolute atomic E-state index is 0.00177. The average molecular weight is 438 g/mol. The van der Waals surface area contributed by atoms with Crippen molar-refractivity contribution in [1.82, 2.24) is 19.9 Å². The molecule has 1 N–H and O–H groups in total. The molecule has 4 aromatic rings. The first-order valence-corrected chi connectivity index (χ1v) is 11.8. The molecule has 6 heteroatoms. The highest BCUT2D eigenvalue weighted by Gasteiger charge is 2.28. The van der Waals surface area contributed by atoms with Crippen molar-refractivity contribution in [1.29, 1.82) is 0 Å². The van der Waals surface area contributed by atoms with E-state index in [0.717, 1.165) is 55.5 Å². The lowest BCUT2D eigenvalue weighted by atomic mass is 10.0. The molecule has 1 saturated heterocycles. The number of hydrogen-bond donors (Lipinski definition) is 1. The van der Waals surface area contributed by atoms with Gasteiger partial charge in [-0.15, -0.1) is 0 Å². The standard InChI is InChI=1S/C27H27N5O/c33-25-11-10-21-18-29-27(31(22-8-2-1-3-9-22)23-12-14-28-15-13-23)30-26(21)32(25)24-16-19-6-4-5-7-20(19)17-24/h1-11,18,23-24,28H,12-17H2. The molecule has 1 aliphatic heterocycles. The summed E-state index contributed by atoms with van der Waals surface area (Å²) in [6.45, 7) is 1.96. The Labute approximate surface area is 192 Å². The van der Waals surface area contributed by atoms with Crippen molar-refractivity contribution in [3.8, 4) is 0 Å². The van der Waals surface area contributed by atoms with Crippen LogP contribution < -0.4 is 15.8 Å². The zero-order valence-electron chi connectivity index (χ0n) is 18.5. The molecule has 2 aromatic heterocycles. The van der Waals surface area contributed by atoms with Gasteiger partial charge in [0.2, 0.25) is 5.95 Å². The van der Waals surface area contributed by atoms with Crippen molar-refractivity contribution in [3.05, 3.63) is 94.4 Å². The number of rotatable bonds is 4. The van der Waals surface area contributed by atoms with E-state index in [9.17, 15) is 4.79 Å². The summed E-state index contributed by atoms with van der Waals surface area (Å²) >= 11 is 0. The SMILES string of the molecule is O=c1ccc2cnc(N(c3ccccc3)C3CCNCC3)nc2n1C1Cc2ccccc2C1. The van der Waals surface area contributed by atoms with Crippen molar-refractivity contribution in [2.24, 2.45) is 0 Å². The average Bonchev–Trinajstić information content (AvgIpc) is 3.29. The molecule has 0 saturated carbocycles. The van der Waals surface area contributed by atoms with Crippen molar-refractivity contribution in [2.45, 2.75) is 37.8 Å². The molecule has 0 spiro atoms. The maximum atomic E-state index is 13.1. The number of aromatic nitrogens is 3. The van der Waals surface area contributed by atoms with E-state index in [1.165, 1.54) is 11.1 Å². The van der Waals surface area contributed by atoms with E-state index in [0.29, 0.717) is 12.0 Å². The molecule has 0 amide bonds. The molecule has 2 aromatic carbocycles. The first kappa shape index (κ1) is 20.1. The summed E-state index contributed by atoms with van der Waals surface area (Å²) in [5.74, 6) is 0.662. The van der Waals surface area contributed by atoms with Crippen LogP contribution in [-0.4, -0.2) is 33.7 Å². The number of nitrogens with zero attached hydrogens (tertiary/aromatic N) is 4. The fourth-order valence-corrected chi connectivity index (χ4v) is 5.36.